The molecule has 1 heterocycles. The molecule has 0 spiro atoms. The van der Waals surface area contributed by atoms with E-state index in [9.17, 15) is 10.2 Å². The lowest BCUT2D eigenvalue weighted by atomic mass is 10.1. The molecule has 0 amide bonds. The summed E-state index contributed by atoms with van der Waals surface area (Å²) in [7, 11) is 0. The molecule has 0 saturated heterocycles. The Morgan fingerprint density at radius 1 is 0.821 bits per heavy atom. The molecular formula is C23H22N2O3. The van der Waals surface area contributed by atoms with Crippen LogP contribution in [0.1, 0.15) is 17.5 Å². The normalized spacial score (nSPS) is 13.4. The molecule has 2 atom stereocenters. The van der Waals surface area contributed by atoms with Crippen molar-refractivity contribution in [3.63, 3.8) is 0 Å². The molecule has 0 saturated carbocycles. The summed E-state index contributed by atoms with van der Waals surface area (Å²) in [4.78, 5) is 4.62. The van der Waals surface area contributed by atoms with E-state index in [1.165, 1.54) is 0 Å². The van der Waals surface area contributed by atoms with Crippen LogP contribution < -0.4 is 4.74 Å². The van der Waals surface area contributed by atoms with Gasteiger partial charge in [-0.25, -0.2) is 4.98 Å². The first kappa shape index (κ1) is 18.2. The highest BCUT2D eigenvalue weighted by molar-refractivity contribution is 5.76. The molecule has 142 valence electrons. The molecule has 28 heavy (non-hydrogen) atoms. The predicted molar refractivity (Wildman–Crippen MR) is 108 cm³/mol. The lowest BCUT2D eigenvalue weighted by Crippen LogP contribution is -2.25. The van der Waals surface area contributed by atoms with Gasteiger partial charge in [0.25, 0.3) is 0 Å². The smallest absolute Gasteiger partial charge is 0.143 e. The summed E-state index contributed by atoms with van der Waals surface area (Å²) in [6.07, 6.45) is -1.63. The van der Waals surface area contributed by atoms with E-state index in [4.69, 9.17) is 4.74 Å². The monoisotopic (exact) mass is 374 g/mol. The number of fused-ring (bicyclic) bond motifs is 1. The van der Waals surface area contributed by atoms with E-state index in [0.717, 1.165) is 16.6 Å². The molecular weight excluding hydrogens is 352 g/mol. The molecule has 4 rings (SSSR count). The Kier molecular flexibility index (Phi) is 5.37. The topological polar surface area (TPSA) is 67.5 Å². The average Bonchev–Trinajstić information content (AvgIpc) is 3.11. The number of nitrogens with zero attached hydrogens (tertiary/aromatic N) is 2. The number of aliphatic hydroxyl groups is 2. The van der Waals surface area contributed by atoms with Gasteiger partial charge in [-0.3, -0.25) is 0 Å². The standard InChI is InChI=1S/C23H22N2O3/c26-18(16-28-19-11-5-2-6-12-19)15-25-21-14-8-7-13-20(21)24-23(25)22(27)17-9-3-1-4-10-17/h1-14,18,22,26-27H,15-16H2/t18-,22+/m1/s1. The number of ether oxygens (including phenoxy) is 1. The molecule has 1 aromatic heterocycles. The van der Waals surface area contributed by atoms with Crippen LogP contribution in [0.25, 0.3) is 11.0 Å². The van der Waals surface area contributed by atoms with Crippen LogP contribution in [0.2, 0.25) is 0 Å². The molecule has 0 fully saturated rings. The number of benzene rings is 3. The van der Waals surface area contributed by atoms with Crippen LogP contribution in [-0.4, -0.2) is 32.5 Å². The maximum Gasteiger partial charge on any atom is 0.143 e. The van der Waals surface area contributed by atoms with Gasteiger partial charge < -0.3 is 19.5 Å². The summed E-state index contributed by atoms with van der Waals surface area (Å²) in [5, 5.41) is 21.5. The quantitative estimate of drug-likeness (QED) is 0.519. The van der Waals surface area contributed by atoms with Crippen molar-refractivity contribution in [3.05, 3.63) is 96.3 Å². The van der Waals surface area contributed by atoms with Gasteiger partial charge in [0.05, 0.1) is 17.6 Å². The third-order valence-corrected chi connectivity index (χ3v) is 4.62. The van der Waals surface area contributed by atoms with Crippen molar-refractivity contribution in [1.82, 2.24) is 9.55 Å². The van der Waals surface area contributed by atoms with Gasteiger partial charge in [0.15, 0.2) is 0 Å². The van der Waals surface area contributed by atoms with Gasteiger partial charge in [-0.2, -0.15) is 0 Å². The fourth-order valence-corrected chi connectivity index (χ4v) is 3.25. The van der Waals surface area contributed by atoms with Crippen molar-refractivity contribution in [2.24, 2.45) is 0 Å². The van der Waals surface area contributed by atoms with Crippen LogP contribution in [0.3, 0.4) is 0 Å². The fraction of sp³-hybridized carbons (Fsp3) is 0.174. The zero-order valence-corrected chi connectivity index (χ0v) is 15.3. The minimum absolute atomic E-state index is 0.150. The van der Waals surface area contributed by atoms with Gasteiger partial charge in [-0.15, -0.1) is 0 Å². The van der Waals surface area contributed by atoms with Crippen LogP contribution >= 0.6 is 0 Å². The second kappa shape index (κ2) is 8.25. The summed E-state index contributed by atoms with van der Waals surface area (Å²) in [6, 6.07) is 26.5. The second-order valence-electron chi connectivity index (χ2n) is 6.66. The summed E-state index contributed by atoms with van der Waals surface area (Å²) in [5.41, 5.74) is 2.41. The average molecular weight is 374 g/mol. The first-order valence-corrected chi connectivity index (χ1v) is 9.26. The number of hydrogen-bond acceptors (Lipinski definition) is 4. The largest absolute Gasteiger partial charge is 0.491 e. The van der Waals surface area contributed by atoms with Crippen molar-refractivity contribution >= 4 is 11.0 Å². The summed E-state index contributed by atoms with van der Waals surface area (Å²) in [5.74, 6) is 1.22. The molecule has 5 heteroatoms. The van der Waals surface area contributed by atoms with Gasteiger partial charge in [-0.1, -0.05) is 60.7 Å². The first-order valence-electron chi connectivity index (χ1n) is 9.26. The number of aliphatic hydroxyl groups excluding tert-OH is 2. The molecule has 5 nitrogen and oxygen atoms in total. The zero-order chi connectivity index (χ0) is 19.3. The van der Waals surface area contributed by atoms with Crippen LogP contribution in [0.4, 0.5) is 0 Å². The number of aromatic nitrogens is 2. The van der Waals surface area contributed by atoms with Gasteiger partial charge in [0.2, 0.25) is 0 Å². The lowest BCUT2D eigenvalue weighted by molar-refractivity contribution is 0.0902. The van der Waals surface area contributed by atoms with Crippen LogP contribution in [-0.2, 0) is 6.54 Å². The minimum Gasteiger partial charge on any atom is -0.491 e. The van der Waals surface area contributed by atoms with Gasteiger partial charge in [0, 0.05) is 0 Å². The zero-order valence-electron chi connectivity index (χ0n) is 15.3. The van der Waals surface area contributed by atoms with Gasteiger partial charge in [0.1, 0.15) is 30.4 Å². The van der Waals surface area contributed by atoms with E-state index in [0.29, 0.717) is 11.6 Å². The SMILES string of the molecule is O[C@@H](COc1ccccc1)Cn1c([C@@H](O)c2ccccc2)nc2ccccc21. The molecule has 3 aromatic carbocycles. The molecule has 0 aliphatic carbocycles. The van der Waals surface area contributed by atoms with Crippen molar-refractivity contribution in [2.75, 3.05) is 6.61 Å². The van der Waals surface area contributed by atoms with Gasteiger partial charge >= 0.3 is 0 Å². The lowest BCUT2D eigenvalue weighted by Gasteiger charge is -2.18. The highest BCUT2D eigenvalue weighted by atomic mass is 16.5. The van der Waals surface area contributed by atoms with Crippen molar-refractivity contribution in [3.8, 4) is 5.75 Å². The molecule has 0 unspecified atom stereocenters. The van der Waals surface area contributed by atoms with Crippen molar-refractivity contribution in [2.45, 2.75) is 18.8 Å². The fourth-order valence-electron chi connectivity index (χ4n) is 3.25. The summed E-state index contributed by atoms with van der Waals surface area (Å²) >= 11 is 0. The summed E-state index contributed by atoms with van der Waals surface area (Å²) in [6.45, 7) is 0.421. The molecule has 0 aliphatic rings. The second-order valence-corrected chi connectivity index (χ2v) is 6.66. The molecule has 0 aliphatic heterocycles. The maximum absolute atomic E-state index is 10.9. The highest BCUT2D eigenvalue weighted by Crippen LogP contribution is 2.26. The van der Waals surface area contributed by atoms with Crippen LogP contribution in [0, 0.1) is 0 Å². The molecule has 0 radical (unpaired) electrons. The predicted octanol–water partition coefficient (Wildman–Crippen LogP) is 3.56. The van der Waals surface area contributed by atoms with Crippen molar-refractivity contribution in [1.29, 1.82) is 0 Å². The number of imidazole rings is 1. The maximum atomic E-state index is 10.9. The number of rotatable bonds is 7. The van der Waals surface area contributed by atoms with E-state index in [1.54, 1.807) is 0 Å². The minimum atomic E-state index is -0.879. The van der Waals surface area contributed by atoms with E-state index < -0.39 is 12.2 Å². The number of para-hydroxylation sites is 3. The molecule has 4 aromatic rings. The Bertz CT molecular complexity index is 1030. The first-order chi connectivity index (χ1) is 13.7. The third kappa shape index (κ3) is 3.91. The van der Waals surface area contributed by atoms with E-state index in [-0.39, 0.29) is 13.2 Å². The number of hydrogen-bond donors (Lipinski definition) is 2. The van der Waals surface area contributed by atoms with Crippen LogP contribution in [0.5, 0.6) is 5.75 Å². The van der Waals surface area contributed by atoms with E-state index in [1.807, 2.05) is 89.5 Å². The van der Waals surface area contributed by atoms with Crippen LogP contribution in [0.15, 0.2) is 84.9 Å². The van der Waals surface area contributed by atoms with E-state index >= 15 is 0 Å². The Balaban J connectivity index is 1.60. The molecule has 0 bridgehead atoms. The van der Waals surface area contributed by atoms with Gasteiger partial charge in [-0.05, 0) is 29.8 Å². The Morgan fingerprint density at radius 2 is 1.46 bits per heavy atom. The Labute approximate surface area is 163 Å². The Hall–Kier alpha value is -3.15. The summed E-state index contributed by atoms with van der Waals surface area (Å²) < 4.78 is 7.53. The van der Waals surface area contributed by atoms with E-state index in [2.05, 4.69) is 4.98 Å². The van der Waals surface area contributed by atoms with Crippen molar-refractivity contribution < 1.29 is 14.9 Å². The highest BCUT2D eigenvalue weighted by Gasteiger charge is 2.21. The Morgan fingerprint density at radius 3 is 2.21 bits per heavy atom. The molecule has 2 N–H and O–H groups in total. The third-order valence-electron chi connectivity index (χ3n) is 4.62.